The molecule has 7 heteroatoms. The summed E-state index contributed by atoms with van der Waals surface area (Å²) in [6, 6.07) is 1.36. The summed E-state index contributed by atoms with van der Waals surface area (Å²) in [5, 5.41) is 12.4. The molecule has 4 aliphatic carbocycles. The molecule has 0 aromatic heterocycles. The molecule has 7 atom stereocenters. The number of nitriles is 1. The van der Waals surface area contributed by atoms with Crippen LogP contribution in [0, 0.1) is 50.7 Å². The van der Waals surface area contributed by atoms with Crippen LogP contribution in [-0.4, -0.2) is 29.4 Å². The lowest BCUT2D eigenvalue weighted by Gasteiger charge is -2.64. The highest BCUT2D eigenvalue weighted by molar-refractivity contribution is 6.02. The maximum absolute atomic E-state index is 14.3. The minimum Gasteiger partial charge on any atom is -0.347 e. The van der Waals surface area contributed by atoms with Crippen molar-refractivity contribution in [1.29, 1.82) is 5.26 Å². The van der Waals surface area contributed by atoms with Crippen LogP contribution >= 0.6 is 0 Å². The van der Waals surface area contributed by atoms with Crippen LogP contribution in [0.2, 0.25) is 0 Å². The Morgan fingerprint density at radius 1 is 1.08 bits per heavy atom. The summed E-state index contributed by atoms with van der Waals surface area (Å²) >= 11 is 0. The second-order valence-electron chi connectivity index (χ2n) is 14.3. The lowest BCUT2D eigenvalue weighted by Crippen LogP contribution is -2.63. The van der Waals surface area contributed by atoms with E-state index in [4.69, 9.17) is 0 Å². The second-order valence-corrected chi connectivity index (χ2v) is 14.3. The number of rotatable bonds is 2. The molecule has 5 nitrogen and oxygen atoms in total. The number of hydrogen-bond donors (Lipinski definition) is 1. The van der Waals surface area contributed by atoms with Crippen LogP contribution in [0.25, 0.3) is 0 Å². The highest BCUT2D eigenvalue weighted by Gasteiger charge is 2.65. The van der Waals surface area contributed by atoms with Gasteiger partial charge in [-0.3, -0.25) is 14.4 Å². The van der Waals surface area contributed by atoms with Crippen LogP contribution in [0.1, 0.15) is 99.8 Å². The van der Waals surface area contributed by atoms with Crippen molar-refractivity contribution in [2.45, 2.75) is 112 Å². The Kier molecular flexibility index (Phi) is 7.31. The number of Topliss-reactive ketones (excluding diaryl/α,β-unsaturated/α-hetero) is 1. The molecular formula is C32H44F2N2O3. The maximum atomic E-state index is 14.3. The summed E-state index contributed by atoms with van der Waals surface area (Å²) < 4.78 is 28.3. The zero-order valence-corrected chi connectivity index (χ0v) is 24.5. The molecule has 0 saturated heterocycles. The maximum Gasteiger partial charge on any atom is 0.321 e. The van der Waals surface area contributed by atoms with Crippen molar-refractivity contribution < 1.29 is 23.2 Å². The standard InChI is InChI=1S/C32H44F2N2O3/c1-19-21-11-14-30(5)24(29(21,4)16-20(18-35)26(19)38)15-23(37)25-22(36-27(39)32(7,33)34)17-28(2,3)12-9-8-10-13-31(25,30)6/h15-16,19,21-22,25H,8-14,17H2,1-7H3,(H,36,39)/t19-,21-,22?,25?,29-,30+,31+/m0/s1. The fraction of sp³-hybridized carbons (Fsp3) is 0.750. The minimum absolute atomic E-state index is 0.0258. The molecule has 0 aromatic rings. The largest absolute Gasteiger partial charge is 0.347 e. The normalized spacial score (nSPS) is 40.6. The molecule has 2 fully saturated rings. The van der Waals surface area contributed by atoms with Gasteiger partial charge in [-0.05, 0) is 60.3 Å². The van der Waals surface area contributed by atoms with Crippen LogP contribution in [0.15, 0.2) is 23.3 Å². The van der Waals surface area contributed by atoms with E-state index >= 15 is 0 Å². The van der Waals surface area contributed by atoms with E-state index in [-0.39, 0.29) is 34.4 Å². The Hall–Kier alpha value is -2.36. The van der Waals surface area contributed by atoms with Crippen molar-refractivity contribution in [3.05, 3.63) is 23.3 Å². The zero-order chi connectivity index (χ0) is 29.2. The van der Waals surface area contributed by atoms with Crippen LogP contribution in [0.5, 0.6) is 0 Å². The molecule has 4 aliphatic rings. The van der Waals surface area contributed by atoms with E-state index in [1.807, 2.05) is 6.92 Å². The van der Waals surface area contributed by atoms with Crippen molar-refractivity contribution in [3.63, 3.8) is 0 Å². The van der Waals surface area contributed by atoms with Crippen LogP contribution in [0.4, 0.5) is 8.78 Å². The van der Waals surface area contributed by atoms with E-state index < -0.39 is 40.0 Å². The molecule has 1 N–H and O–H groups in total. The Morgan fingerprint density at radius 3 is 2.33 bits per heavy atom. The molecule has 2 saturated carbocycles. The summed E-state index contributed by atoms with van der Waals surface area (Å²) in [6.07, 6.45) is 9.99. The van der Waals surface area contributed by atoms with Gasteiger partial charge in [0.2, 0.25) is 0 Å². The van der Waals surface area contributed by atoms with Crippen LogP contribution in [-0.2, 0) is 14.4 Å². The number of ketones is 2. The van der Waals surface area contributed by atoms with Crippen molar-refractivity contribution >= 4 is 17.5 Å². The van der Waals surface area contributed by atoms with Gasteiger partial charge in [-0.25, -0.2) is 0 Å². The van der Waals surface area contributed by atoms with Crippen molar-refractivity contribution in [2.75, 3.05) is 0 Å². The Balaban J connectivity index is 1.92. The number of nitrogens with one attached hydrogen (secondary N) is 1. The summed E-state index contributed by atoms with van der Waals surface area (Å²) in [5.41, 5.74) is -0.869. The van der Waals surface area contributed by atoms with Crippen molar-refractivity contribution in [1.82, 2.24) is 5.32 Å². The number of carbonyl (C=O) groups excluding carboxylic acids is 3. The van der Waals surface area contributed by atoms with Gasteiger partial charge >= 0.3 is 5.92 Å². The number of fused-ring (bicyclic) bond motifs is 5. The molecular weight excluding hydrogens is 498 g/mol. The summed E-state index contributed by atoms with van der Waals surface area (Å²) in [6.45, 7) is 13.0. The van der Waals surface area contributed by atoms with Gasteiger partial charge in [-0.1, -0.05) is 72.5 Å². The first-order valence-electron chi connectivity index (χ1n) is 14.5. The Bertz CT molecular complexity index is 1170. The first-order valence-corrected chi connectivity index (χ1v) is 14.5. The van der Waals surface area contributed by atoms with Gasteiger partial charge < -0.3 is 5.32 Å². The first kappa shape index (κ1) is 29.6. The monoisotopic (exact) mass is 542 g/mol. The second kappa shape index (κ2) is 9.63. The molecule has 39 heavy (non-hydrogen) atoms. The van der Waals surface area contributed by atoms with E-state index in [2.05, 4.69) is 46.0 Å². The van der Waals surface area contributed by atoms with Crippen LogP contribution in [0.3, 0.4) is 0 Å². The first-order chi connectivity index (χ1) is 17.9. The number of alkyl halides is 2. The average molecular weight is 543 g/mol. The van der Waals surface area contributed by atoms with E-state index in [1.54, 1.807) is 12.2 Å². The molecule has 0 heterocycles. The average Bonchev–Trinajstić information content (AvgIpc) is 2.81. The highest BCUT2D eigenvalue weighted by atomic mass is 19.3. The fourth-order valence-corrected chi connectivity index (χ4v) is 8.90. The number of hydrogen-bond acceptors (Lipinski definition) is 4. The van der Waals surface area contributed by atoms with Gasteiger partial charge in [0.05, 0.1) is 5.57 Å². The van der Waals surface area contributed by atoms with E-state index in [1.165, 1.54) is 0 Å². The van der Waals surface area contributed by atoms with Gasteiger partial charge in [-0.2, -0.15) is 14.0 Å². The van der Waals surface area contributed by atoms with E-state index in [9.17, 15) is 28.4 Å². The van der Waals surface area contributed by atoms with Gasteiger partial charge in [0.1, 0.15) is 6.07 Å². The third-order valence-corrected chi connectivity index (χ3v) is 11.2. The molecule has 0 bridgehead atoms. The number of halogens is 2. The Morgan fingerprint density at radius 2 is 1.72 bits per heavy atom. The predicted molar refractivity (Wildman–Crippen MR) is 146 cm³/mol. The predicted octanol–water partition coefficient (Wildman–Crippen LogP) is 6.73. The molecule has 0 aromatic carbocycles. The number of carbonyl (C=O) groups is 3. The molecule has 0 spiro atoms. The number of amides is 1. The van der Waals surface area contributed by atoms with Gasteiger partial charge in [-0.15, -0.1) is 0 Å². The summed E-state index contributed by atoms with van der Waals surface area (Å²) in [7, 11) is 0. The van der Waals surface area contributed by atoms with E-state index in [0.717, 1.165) is 50.5 Å². The van der Waals surface area contributed by atoms with Gasteiger partial charge in [0, 0.05) is 30.2 Å². The topological polar surface area (TPSA) is 87.0 Å². The SMILES string of the molecule is C[C@@H]1C(=O)C(C#N)=C[C@]2(C)C3=CC(=O)C4C(NC(=O)C(C)(F)F)CC(C)(C)CCCCC[C@@]4(C)[C@]3(C)CC[C@@H]12. The van der Waals surface area contributed by atoms with Crippen molar-refractivity contribution in [2.24, 2.45) is 39.4 Å². The molecule has 0 radical (unpaired) electrons. The number of allylic oxidation sites excluding steroid dienone is 4. The molecule has 0 aliphatic heterocycles. The molecule has 4 rings (SSSR count). The molecule has 214 valence electrons. The summed E-state index contributed by atoms with van der Waals surface area (Å²) in [4.78, 5) is 39.9. The Labute approximate surface area is 231 Å². The lowest BCUT2D eigenvalue weighted by molar-refractivity contribution is -0.148. The smallest absolute Gasteiger partial charge is 0.321 e. The van der Waals surface area contributed by atoms with Gasteiger partial charge in [0.15, 0.2) is 11.6 Å². The van der Waals surface area contributed by atoms with Gasteiger partial charge in [0.25, 0.3) is 5.91 Å². The number of nitrogens with zero attached hydrogens (tertiary/aromatic N) is 1. The van der Waals surface area contributed by atoms with Crippen LogP contribution < -0.4 is 5.32 Å². The zero-order valence-electron chi connectivity index (χ0n) is 24.5. The molecule has 1 amide bonds. The third-order valence-electron chi connectivity index (χ3n) is 11.2. The lowest BCUT2D eigenvalue weighted by atomic mass is 9.39. The molecule has 2 unspecified atom stereocenters. The fourth-order valence-electron chi connectivity index (χ4n) is 8.90. The minimum atomic E-state index is -3.55. The third kappa shape index (κ3) is 4.70. The quantitative estimate of drug-likeness (QED) is 0.419. The highest BCUT2D eigenvalue weighted by Crippen LogP contribution is 2.69. The van der Waals surface area contributed by atoms with E-state index in [0.29, 0.717) is 13.3 Å². The van der Waals surface area contributed by atoms with Crippen molar-refractivity contribution in [3.8, 4) is 6.07 Å². The summed E-state index contributed by atoms with van der Waals surface area (Å²) in [5.74, 6) is -6.19.